The summed E-state index contributed by atoms with van der Waals surface area (Å²) in [6.45, 7) is 7.06. The smallest absolute Gasteiger partial charge is 0.257 e. The van der Waals surface area contributed by atoms with Crippen LogP contribution in [0.1, 0.15) is 80.3 Å². The van der Waals surface area contributed by atoms with Crippen molar-refractivity contribution in [3.05, 3.63) is 102 Å². The number of ether oxygens (including phenoxy) is 2. The molecule has 6 heterocycles. The Balaban J connectivity index is 0.000000167. The third kappa shape index (κ3) is 7.04. The Kier molecular flexibility index (Phi) is 11.2. The van der Waals surface area contributed by atoms with Crippen molar-refractivity contribution in [3.8, 4) is 34.4 Å². The molecular weight excluding hydrogens is 770 g/mol. The van der Waals surface area contributed by atoms with Gasteiger partial charge in [-0.25, -0.2) is 0 Å². The normalized spacial score (nSPS) is 17.1. The van der Waals surface area contributed by atoms with E-state index in [1.54, 1.807) is 50.2 Å². The summed E-state index contributed by atoms with van der Waals surface area (Å²) in [7, 11) is 0. The molecule has 4 aromatic rings. The molecule has 0 N–H and O–H groups in total. The van der Waals surface area contributed by atoms with Crippen molar-refractivity contribution < 1.29 is 19.1 Å². The molecule has 0 spiro atoms. The molecule has 0 saturated carbocycles. The predicted octanol–water partition coefficient (Wildman–Crippen LogP) is 8.74. The van der Waals surface area contributed by atoms with Crippen LogP contribution in [-0.4, -0.2) is 70.1 Å². The first-order valence-corrected chi connectivity index (χ1v) is 19.1. The van der Waals surface area contributed by atoms with Gasteiger partial charge in [-0.1, -0.05) is 58.5 Å². The molecular formula is C40H34Cl4N6O4. The zero-order valence-electron chi connectivity index (χ0n) is 29.5. The van der Waals surface area contributed by atoms with E-state index in [0.717, 1.165) is 25.7 Å². The molecule has 2 fully saturated rings. The highest BCUT2D eigenvalue weighted by atomic mass is 35.5. The molecule has 4 aliphatic heterocycles. The Morgan fingerprint density at radius 2 is 1.00 bits per heavy atom. The molecule has 54 heavy (non-hydrogen) atoms. The number of rotatable bonds is 4. The maximum absolute atomic E-state index is 13.3. The maximum Gasteiger partial charge on any atom is 0.257 e. The molecule has 2 aromatic carbocycles. The predicted molar refractivity (Wildman–Crippen MR) is 206 cm³/mol. The average Bonchev–Trinajstić information content (AvgIpc) is 3.66. The second-order valence-electron chi connectivity index (χ2n) is 13.6. The molecule has 0 aliphatic carbocycles. The summed E-state index contributed by atoms with van der Waals surface area (Å²) in [5.41, 5.74) is 6.66. The number of hydrogen-bond acceptors (Lipinski definition) is 8. The van der Waals surface area contributed by atoms with E-state index < -0.39 is 0 Å². The molecule has 0 bridgehead atoms. The van der Waals surface area contributed by atoms with Crippen LogP contribution >= 0.6 is 46.4 Å². The van der Waals surface area contributed by atoms with Gasteiger partial charge in [0.15, 0.2) is 0 Å². The fourth-order valence-corrected chi connectivity index (χ4v) is 8.76. The highest BCUT2D eigenvalue weighted by molar-refractivity contribution is 6.37. The Hall–Kier alpha value is -4.26. The quantitative estimate of drug-likeness (QED) is 0.200. The van der Waals surface area contributed by atoms with Crippen LogP contribution in [0.25, 0.3) is 22.3 Å². The van der Waals surface area contributed by atoms with E-state index in [1.165, 1.54) is 0 Å². The van der Waals surface area contributed by atoms with Crippen molar-refractivity contribution in [3.63, 3.8) is 0 Å². The Morgan fingerprint density at radius 3 is 1.33 bits per heavy atom. The van der Waals surface area contributed by atoms with E-state index in [0.29, 0.717) is 127 Å². The molecule has 14 heteroatoms. The third-order valence-electron chi connectivity index (χ3n) is 10.4. The first kappa shape index (κ1) is 38.0. The number of aromatic nitrogens is 2. The summed E-state index contributed by atoms with van der Waals surface area (Å²) in [6.07, 6.45) is 3.23. The van der Waals surface area contributed by atoms with E-state index in [2.05, 4.69) is 22.1 Å². The van der Waals surface area contributed by atoms with Gasteiger partial charge in [0.25, 0.3) is 11.8 Å². The third-order valence-corrected chi connectivity index (χ3v) is 11.5. The lowest BCUT2D eigenvalue weighted by atomic mass is 9.93. The minimum absolute atomic E-state index is 0.0954. The van der Waals surface area contributed by atoms with E-state index in [1.807, 2.05) is 9.80 Å². The SMILES string of the molecule is Cc1nc2c(c(-c3ccc(Cl)cc3Cl)c1C#N)C(=O)N(C1CCOCC1)C2.Cc1nc2c(c(-c3ccc(Cl)cc3Cl)c1C#N)C(=O)N(C1CCOCC1)C2. The number of aryl methyl sites for hydroxylation is 2. The minimum Gasteiger partial charge on any atom is -0.381 e. The number of hydrogen-bond donors (Lipinski definition) is 0. The monoisotopic (exact) mass is 802 g/mol. The minimum atomic E-state index is -0.0954. The van der Waals surface area contributed by atoms with Crippen molar-refractivity contribution in [2.24, 2.45) is 0 Å². The van der Waals surface area contributed by atoms with Gasteiger partial charge in [0.05, 0.1) is 58.1 Å². The number of halogens is 4. The molecule has 0 radical (unpaired) electrons. The number of pyridine rings is 2. The van der Waals surface area contributed by atoms with Gasteiger partial charge in [0.1, 0.15) is 12.1 Å². The summed E-state index contributed by atoms with van der Waals surface area (Å²) < 4.78 is 10.8. The summed E-state index contributed by atoms with van der Waals surface area (Å²) >= 11 is 24.9. The Morgan fingerprint density at radius 1 is 0.630 bits per heavy atom. The number of benzene rings is 2. The van der Waals surface area contributed by atoms with E-state index >= 15 is 0 Å². The van der Waals surface area contributed by atoms with Crippen LogP contribution in [0.15, 0.2) is 36.4 Å². The van der Waals surface area contributed by atoms with Crippen LogP contribution < -0.4 is 0 Å². The lowest BCUT2D eigenvalue weighted by Gasteiger charge is -2.30. The summed E-state index contributed by atoms with van der Waals surface area (Å²) in [4.78, 5) is 39.5. The highest BCUT2D eigenvalue weighted by Gasteiger charge is 2.40. The second kappa shape index (κ2) is 15.8. The lowest BCUT2D eigenvalue weighted by molar-refractivity contribution is 0.0296. The fourth-order valence-electron chi connectivity index (χ4n) is 7.75. The van der Waals surface area contributed by atoms with Gasteiger partial charge < -0.3 is 19.3 Å². The van der Waals surface area contributed by atoms with Gasteiger partial charge in [-0.15, -0.1) is 0 Å². The Bertz CT molecular complexity index is 2120. The molecule has 2 saturated heterocycles. The molecule has 2 aromatic heterocycles. The van der Waals surface area contributed by atoms with Gasteiger partial charge in [0.2, 0.25) is 0 Å². The Labute approximate surface area is 333 Å². The summed E-state index contributed by atoms with van der Waals surface area (Å²) in [6, 6.07) is 14.8. The zero-order valence-corrected chi connectivity index (χ0v) is 32.5. The van der Waals surface area contributed by atoms with Gasteiger partial charge in [-0.3, -0.25) is 19.6 Å². The second-order valence-corrected chi connectivity index (χ2v) is 15.3. The van der Waals surface area contributed by atoms with Crippen molar-refractivity contribution in [2.45, 2.75) is 64.7 Å². The van der Waals surface area contributed by atoms with Crippen LogP contribution in [0.5, 0.6) is 0 Å². The van der Waals surface area contributed by atoms with Crippen molar-refractivity contribution in [1.29, 1.82) is 10.5 Å². The van der Waals surface area contributed by atoms with Crippen LogP contribution in [0, 0.1) is 36.5 Å². The van der Waals surface area contributed by atoms with E-state index in [9.17, 15) is 20.1 Å². The maximum atomic E-state index is 13.3. The van der Waals surface area contributed by atoms with Crippen LogP contribution in [-0.2, 0) is 22.6 Å². The van der Waals surface area contributed by atoms with Gasteiger partial charge in [-0.05, 0) is 63.8 Å². The van der Waals surface area contributed by atoms with Gasteiger partial charge in [0, 0.05) is 80.9 Å². The number of carbonyl (C=O) groups is 2. The lowest BCUT2D eigenvalue weighted by Crippen LogP contribution is -2.39. The van der Waals surface area contributed by atoms with Crippen molar-refractivity contribution >= 4 is 58.2 Å². The largest absolute Gasteiger partial charge is 0.381 e. The molecule has 2 amide bonds. The van der Waals surface area contributed by atoms with E-state index in [-0.39, 0.29) is 23.9 Å². The van der Waals surface area contributed by atoms with Crippen LogP contribution in [0.3, 0.4) is 0 Å². The molecule has 0 unspecified atom stereocenters. The highest BCUT2D eigenvalue weighted by Crippen LogP contribution is 2.42. The number of nitriles is 2. The standard InChI is InChI=1S/2C20H17Cl2N3O2/c2*1-11-15(9-23)18(14-3-2-12(21)8-16(14)22)19-17(24-11)10-25(20(19)26)13-4-6-27-7-5-13/h2*2-3,8,13H,4-7,10H2,1H3. The van der Waals surface area contributed by atoms with Crippen LogP contribution in [0.2, 0.25) is 20.1 Å². The number of nitrogens with zero attached hydrogens (tertiary/aromatic N) is 6. The van der Waals surface area contributed by atoms with Crippen molar-refractivity contribution in [1.82, 2.24) is 19.8 Å². The number of amides is 2. The van der Waals surface area contributed by atoms with E-state index in [4.69, 9.17) is 55.9 Å². The molecule has 276 valence electrons. The number of fused-ring (bicyclic) bond motifs is 2. The summed E-state index contributed by atoms with van der Waals surface area (Å²) in [5.74, 6) is -0.191. The molecule has 0 atom stereocenters. The molecule has 4 aliphatic rings. The average molecular weight is 805 g/mol. The van der Waals surface area contributed by atoms with Crippen molar-refractivity contribution in [2.75, 3.05) is 26.4 Å². The first-order valence-electron chi connectivity index (χ1n) is 17.6. The topological polar surface area (TPSA) is 132 Å². The molecule has 10 nitrogen and oxygen atoms in total. The van der Waals surface area contributed by atoms with Crippen LogP contribution in [0.4, 0.5) is 0 Å². The fraction of sp³-hybridized carbons (Fsp3) is 0.350. The van der Waals surface area contributed by atoms with Gasteiger partial charge in [-0.2, -0.15) is 10.5 Å². The number of carbonyl (C=O) groups excluding carboxylic acids is 2. The first-order chi connectivity index (χ1) is 26.0. The molecule has 8 rings (SSSR count). The zero-order chi connectivity index (χ0) is 38.3. The summed E-state index contributed by atoms with van der Waals surface area (Å²) in [5, 5.41) is 21.3. The van der Waals surface area contributed by atoms with Gasteiger partial charge >= 0.3 is 0 Å².